The van der Waals surface area contributed by atoms with Gasteiger partial charge in [-0.25, -0.2) is 0 Å². The first-order chi connectivity index (χ1) is 9.65. The zero-order valence-corrected chi connectivity index (χ0v) is 12.5. The summed E-state index contributed by atoms with van der Waals surface area (Å²) in [7, 11) is 0. The monoisotopic (exact) mass is 273 g/mol. The molecule has 1 aromatic heterocycles. The van der Waals surface area contributed by atoms with Crippen LogP contribution in [0.25, 0.3) is 0 Å². The maximum atomic E-state index is 5.98. The Morgan fingerprint density at radius 3 is 2.70 bits per heavy atom. The van der Waals surface area contributed by atoms with Crippen LogP contribution in [0.4, 0.5) is 0 Å². The van der Waals surface area contributed by atoms with E-state index in [0.29, 0.717) is 19.1 Å². The lowest BCUT2D eigenvalue weighted by molar-refractivity contribution is 0.298. The first-order valence-corrected chi connectivity index (χ1v) is 7.15. The molecule has 1 aromatic carbocycles. The molecular formula is C17H23NO2. The molecule has 2 N–H and O–H groups in total. The van der Waals surface area contributed by atoms with Crippen LogP contribution in [0, 0.1) is 6.92 Å². The van der Waals surface area contributed by atoms with Crippen molar-refractivity contribution in [3.8, 4) is 5.75 Å². The summed E-state index contributed by atoms with van der Waals surface area (Å²) in [4.78, 5) is 0. The summed E-state index contributed by atoms with van der Waals surface area (Å²) in [5.41, 5.74) is 7.91. The van der Waals surface area contributed by atoms with E-state index in [-0.39, 0.29) is 0 Å². The fourth-order valence-corrected chi connectivity index (χ4v) is 2.23. The molecule has 0 amide bonds. The van der Waals surface area contributed by atoms with Crippen LogP contribution >= 0.6 is 0 Å². The summed E-state index contributed by atoms with van der Waals surface area (Å²) in [5, 5.41) is 0. The smallest absolute Gasteiger partial charge is 0.123 e. The molecule has 108 valence electrons. The third-order valence-corrected chi connectivity index (χ3v) is 3.72. The molecule has 2 rings (SSSR count). The summed E-state index contributed by atoms with van der Waals surface area (Å²) in [5.74, 6) is 3.13. The highest BCUT2D eigenvalue weighted by molar-refractivity contribution is 5.36. The molecule has 0 aliphatic heterocycles. The number of benzene rings is 1. The lowest BCUT2D eigenvalue weighted by Gasteiger charge is -2.15. The van der Waals surface area contributed by atoms with Gasteiger partial charge >= 0.3 is 0 Å². The molecule has 0 saturated heterocycles. The van der Waals surface area contributed by atoms with Crippen LogP contribution in [0.15, 0.2) is 34.7 Å². The molecule has 0 saturated carbocycles. The maximum absolute atomic E-state index is 5.98. The van der Waals surface area contributed by atoms with Gasteiger partial charge in [0.25, 0.3) is 0 Å². The van der Waals surface area contributed by atoms with E-state index in [1.165, 1.54) is 5.56 Å². The molecule has 0 fully saturated rings. The average molecular weight is 273 g/mol. The second-order valence-corrected chi connectivity index (χ2v) is 5.13. The van der Waals surface area contributed by atoms with E-state index in [2.05, 4.69) is 26.0 Å². The standard InChI is InChI=1S/C17H23NO2/c1-4-12(2)16-7-5-6-8-17(16)19-11-14-9-15(10-18)20-13(14)3/h5-9,12H,4,10-11,18H2,1-3H3. The van der Waals surface area contributed by atoms with E-state index in [4.69, 9.17) is 14.9 Å². The van der Waals surface area contributed by atoms with Gasteiger partial charge in [-0.15, -0.1) is 0 Å². The number of aryl methyl sites for hydroxylation is 1. The van der Waals surface area contributed by atoms with E-state index in [1.54, 1.807) is 0 Å². The lowest BCUT2D eigenvalue weighted by atomic mass is 9.98. The summed E-state index contributed by atoms with van der Waals surface area (Å²) in [6, 6.07) is 10.2. The van der Waals surface area contributed by atoms with Crippen LogP contribution in [0.5, 0.6) is 5.75 Å². The third kappa shape index (κ3) is 3.23. The van der Waals surface area contributed by atoms with Crippen LogP contribution < -0.4 is 10.5 Å². The predicted molar refractivity (Wildman–Crippen MR) is 80.8 cm³/mol. The Kier molecular flexibility index (Phi) is 4.85. The molecule has 0 aliphatic rings. The minimum absolute atomic E-state index is 0.421. The minimum Gasteiger partial charge on any atom is -0.488 e. The Labute approximate surface area is 120 Å². The van der Waals surface area contributed by atoms with Crippen molar-refractivity contribution in [3.63, 3.8) is 0 Å². The quantitative estimate of drug-likeness (QED) is 0.860. The van der Waals surface area contributed by atoms with Crippen molar-refractivity contribution in [2.24, 2.45) is 5.73 Å². The largest absolute Gasteiger partial charge is 0.488 e. The summed E-state index contributed by atoms with van der Waals surface area (Å²) >= 11 is 0. The van der Waals surface area contributed by atoms with Gasteiger partial charge in [0.15, 0.2) is 0 Å². The molecule has 3 heteroatoms. The molecule has 0 aliphatic carbocycles. The number of hydrogen-bond acceptors (Lipinski definition) is 3. The highest BCUT2D eigenvalue weighted by atomic mass is 16.5. The number of rotatable bonds is 6. The average Bonchev–Trinajstić information content (AvgIpc) is 2.85. The zero-order chi connectivity index (χ0) is 14.5. The van der Waals surface area contributed by atoms with Crippen molar-refractivity contribution in [2.75, 3.05) is 0 Å². The Morgan fingerprint density at radius 2 is 2.05 bits per heavy atom. The second-order valence-electron chi connectivity index (χ2n) is 5.13. The number of nitrogens with two attached hydrogens (primary N) is 1. The van der Waals surface area contributed by atoms with Gasteiger partial charge in [0.1, 0.15) is 23.9 Å². The van der Waals surface area contributed by atoms with Crippen LogP contribution in [0.1, 0.15) is 48.8 Å². The number of furan rings is 1. The molecule has 1 heterocycles. The van der Waals surface area contributed by atoms with Gasteiger partial charge in [0.05, 0.1) is 6.54 Å². The molecular weight excluding hydrogens is 250 g/mol. The lowest BCUT2D eigenvalue weighted by Crippen LogP contribution is -2.01. The highest BCUT2D eigenvalue weighted by Crippen LogP contribution is 2.29. The predicted octanol–water partition coefficient (Wildman–Crippen LogP) is 4.14. The van der Waals surface area contributed by atoms with Gasteiger partial charge in [-0.2, -0.15) is 0 Å². The Balaban J connectivity index is 2.12. The highest BCUT2D eigenvalue weighted by Gasteiger charge is 2.11. The molecule has 0 radical (unpaired) electrons. The molecule has 0 bridgehead atoms. The van der Waals surface area contributed by atoms with Gasteiger partial charge in [0.2, 0.25) is 0 Å². The van der Waals surface area contributed by atoms with Gasteiger partial charge in [-0.3, -0.25) is 0 Å². The fraction of sp³-hybridized carbons (Fsp3) is 0.412. The van der Waals surface area contributed by atoms with E-state index in [1.807, 2.05) is 25.1 Å². The van der Waals surface area contributed by atoms with E-state index >= 15 is 0 Å². The van der Waals surface area contributed by atoms with Crippen molar-refractivity contribution in [1.82, 2.24) is 0 Å². The van der Waals surface area contributed by atoms with Crippen LogP contribution in [0.2, 0.25) is 0 Å². The van der Waals surface area contributed by atoms with Crippen LogP contribution in [-0.2, 0) is 13.2 Å². The van der Waals surface area contributed by atoms with Crippen LogP contribution in [0.3, 0.4) is 0 Å². The van der Waals surface area contributed by atoms with E-state index < -0.39 is 0 Å². The van der Waals surface area contributed by atoms with Crippen molar-refractivity contribution < 1.29 is 9.15 Å². The minimum atomic E-state index is 0.421. The molecule has 20 heavy (non-hydrogen) atoms. The van der Waals surface area contributed by atoms with Gasteiger partial charge < -0.3 is 14.9 Å². The SMILES string of the molecule is CCC(C)c1ccccc1OCc1cc(CN)oc1C. The van der Waals surface area contributed by atoms with Gasteiger partial charge in [0, 0.05) is 5.56 Å². The van der Waals surface area contributed by atoms with E-state index in [9.17, 15) is 0 Å². The number of ether oxygens (including phenoxy) is 1. The normalized spacial score (nSPS) is 12.4. The Hall–Kier alpha value is -1.74. The first-order valence-electron chi connectivity index (χ1n) is 7.15. The topological polar surface area (TPSA) is 48.4 Å². The zero-order valence-electron chi connectivity index (χ0n) is 12.5. The summed E-state index contributed by atoms with van der Waals surface area (Å²) in [6.45, 7) is 7.29. The molecule has 1 atom stereocenters. The van der Waals surface area contributed by atoms with Crippen molar-refractivity contribution in [1.29, 1.82) is 0 Å². The summed E-state index contributed by atoms with van der Waals surface area (Å²) < 4.78 is 11.5. The first kappa shape index (κ1) is 14.7. The molecule has 0 spiro atoms. The Bertz CT molecular complexity index is 560. The fourth-order valence-electron chi connectivity index (χ4n) is 2.23. The van der Waals surface area contributed by atoms with Crippen molar-refractivity contribution in [3.05, 3.63) is 53.0 Å². The van der Waals surface area contributed by atoms with Crippen LogP contribution in [-0.4, -0.2) is 0 Å². The second kappa shape index (κ2) is 6.62. The number of para-hydroxylation sites is 1. The maximum Gasteiger partial charge on any atom is 0.123 e. The van der Waals surface area contributed by atoms with Crippen molar-refractivity contribution >= 4 is 0 Å². The van der Waals surface area contributed by atoms with E-state index in [0.717, 1.165) is 29.3 Å². The molecule has 2 aromatic rings. The number of hydrogen-bond donors (Lipinski definition) is 1. The van der Waals surface area contributed by atoms with Gasteiger partial charge in [-0.05, 0) is 37.0 Å². The van der Waals surface area contributed by atoms with Crippen molar-refractivity contribution in [2.45, 2.75) is 46.3 Å². The molecule has 3 nitrogen and oxygen atoms in total. The Morgan fingerprint density at radius 1 is 1.30 bits per heavy atom. The van der Waals surface area contributed by atoms with Gasteiger partial charge in [-0.1, -0.05) is 32.0 Å². The summed E-state index contributed by atoms with van der Waals surface area (Å²) in [6.07, 6.45) is 1.10. The molecule has 1 unspecified atom stereocenters. The third-order valence-electron chi connectivity index (χ3n) is 3.72.